The topological polar surface area (TPSA) is 50.4 Å². The Kier molecular flexibility index (Phi) is 3.89. The summed E-state index contributed by atoms with van der Waals surface area (Å²) in [5.41, 5.74) is -0.282. The van der Waals surface area contributed by atoms with E-state index in [1.54, 1.807) is 7.11 Å². The number of hydrogen-bond acceptors (Lipinski definition) is 3. The molecule has 1 saturated heterocycles. The fraction of sp³-hybridized carbons (Fsp3) is 0.900. The summed E-state index contributed by atoms with van der Waals surface area (Å²) in [7, 11) is 1.64. The smallest absolute Gasteiger partial charge is 0.237 e. The molecule has 1 fully saturated rings. The SMILES string of the molecule is COCC(C)(C)NC(=O)[C@H]1CCCN1. The van der Waals surface area contributed by atoms with Crippen LogP contribution < -0.4 is 10.6 Å². The maximum atomic E-state index is 11.7. The third kappa shape index (κ3) is 3.27. The summed E-state index contributed by atoms with van der Waals surface area (Å²) in [5, 5.41) is 6.14. The Morgan fingerprint density at radius 3 is 2.86 bits per heavy atom. The minimum absolute atomic E-state index is 0.00821. The molecule has 0 aromatic carbocycles. The fourth-order valence-electron chi connectivity index (χ4n) is 1.73. The summed E-state index contributed by atoms with van der Waals surface area (Å²) in [6, 6.07) is -0.00821. The van der Waals surface area contributed by atoms with Gasteiger partial charge in [0.15, 0.2) is 0 Å². The van der Waals surface area contributed by atoms with Crippen LogP contribution in [-0.2, 0) is 9.53 Å². The van der Waals surface area contributed by atoms with Crippen LogP contribution in [0.5, 0.6) is 0 Å². The zero-order chi connectivity index (χ0) is 10.6. The van der Waals surface area contributed by atoms with E-state index >= 15 is 0 Å². The van der Waals surface area contributed by atoms with Gasteiger partial charge < -0.3 is 15.4 Å². The van der Waals surface area contributed by atoms with Crippen LogP contribution in [0.4, 0.5) is 0 Å². The summed E-state index contributed by atoms with van der Waals surface area (Å²) in [6.45, 7) is 5.40. The van der Waals surface area contributed by atoms with Gasteiger partial charge in [0.1, 0.15) is 0 Å². The molecule has 1 amide bonds. The van der Waals surface area contributed by atoms with E-state index < -0.39 is 0 Å². The van der Waals surface area contributed by atoms with Crippen LogP contribution in [0.3, 0.4) is 0 Å². The van der Waals surface area contributed by atoms with Gasteiger partial charge in [-0.25, -0.2) is 0 Å². The van der Waals surface area contributed by atoms with Crippen molar-refractivity contribution in [3.63, 3.8) is 0 Å². The first-order chi connectivity index (χ1) is 6.55. The van der Waals surface area contributed by atoms with E-state index in [9.17, 15) is 4.79 Å². The minimum Gasteiger partial charge on any atom is -0.382 e. The van der Waals surface area contributed by atoms with Gasteiger partial charge in [0.05, 0.1) is 18.2 Å². The number of carbonyl (C=O) groups is 1. The largest absolute Gasteiger partial charge is 0.382 e. The summed E-state index contributed by atoms with van der Waals surface area (Å²) in [4.78, 5) is 11.7. The van der Waals surface area contributed by atoms with Crippen LogP contribution in [0.1, 0.15) is 26.7 Å². The second-order valence-corrected chi connectivity index (χ2v) is 4.46. The van der Waals surface area contributed by atoms with E-state index in [4.69, 9.17) is 4.74 Å². The summed E-state index contributed by atoms with van der Waals surface area (Å²) >= 11 is 0. The lowest BCUT2D eigenvalue weighted by Gasteiger charge is -2.26. The van der Waals surface area contributed by atoms with Gasteiger partial charge in [-0.1, -0.05) is 0 Å². The van der Waals surface area contributed by atoms with Crippen molar-refractivity contribution < 1.29 is 9.53 Å². The number of nitrogens with one attached hydrogen (secondary N) is 2. The summed E-state index contributed by atoms with van der Waals surface area (Å²) in [5.74, 6) is 0.0875. The van der Waals surface area contributed by atoms with E-state index in [0.29, 0.717) is 6.61 Å². The van der Waals surface area contributed by atoms with Gasteiger partial charge in [0.25, 0.3) is 0 Å². The van der Waals surface area contributed by atoms with Crippen molar-refractivity contribution in [2.75, 3.05) is 20.3 Å². The van der Waals surface area contributed by atoms with Gasteiger partial charge in [0, 0.05) is 7.11 Å². The normalized spacial score (nSPS) is 22.4. The van der Waals surface area contributed by atoms with Gasteiger partial charge in [-0.2, -0.15) is 0 Å². The second kappa shape index (κ2) is 4.75. The van der Waals surface area contributed by atoms with Gasteiger partial charge in [0.2, 0.25) is 5.91 Å². The number of rotatable bonds is 4. The molecule has 14 heavy (non-hydrogen) atoms. The first-order valence-corrected chi connectivity index (χ1v) is 5.09. The van der Waals surface area contributed by atoms with Gasteiger partial charge in [-0.15, -0.1) is 0 Å². The van der Waals surface area contributed by atoms with Crippen LogP contribution in [-0.4, -0.2) is 37.7 Å². The number of hydrogen-bond donors (Lipinski definition) is 2. The molecule has 0 aromatic heterocycles. The van der Waals surface area contributed by atoms with Crippen LogP contribution in [0, 0.1) is 0 Å². The number of carbonyl (C=O) groups excluding carboxylic acids is 1. The third-order valence-corrected chi connectivity index (χ3v) is 2.34. The Labute approximate surface area is 85.4 Å². The molecule has 0 spiro atoms. The highest BCUT2D eigenvalue weighted by Gasteiger charge is 2.27. The molecule has 0 saturated carbocycles. The van der Waals surface area contributed by atoms with Crippen molar-refractivity contribution in [2.24, 2.45) is 0 Å². The zero-order valence-electron chi connectivity index (χ0n) is 9.22. The quantitative estimate of drug-likeness (QED) is 0.685. The Morgan fingerprint density at radius 2 is 2.36 bits per heavy atom. The van der Waals surface area contributed by atoms with Crippen molar-refractivity contribution in [3.8, 4) is 0 Å². The van der Waals surface area contributed by atoms with E-state index in [0.717, 1.165) is 19.4 Å². The molecule has 0 aromatic rings. The lowest BCUT2D eigenvalue weighted by atomic mass is 10.1. The molecule has 0 aliphatic carbocycles. The Balaban J connectivity index is 2.38. The van der Waals surface area contributed by atoms with Crippen LogP contribution in [0.25, 0.3) is 0 Å². The van der Waals surface area contributed by atoms with Crippen molar-refractivity contribution in [1.29, 1.82) is 0 Å². The molecular formula is C10H20N2O2. The second-order valence-electron chi connectivity index (χ2n) is 4.46. The monoisotopic (exact) mass is 200 g/mol. The Hall–Kier alpha value is -0.610. The molecular weight excluding hydrogens is 180 g/mol. The molecule has 4 nitrogen and oxygen atoms in total. The van der Waals surface area contributed by atoms with Crippen molar-refractivity contribution in [3.05, 3.63) is 0 Å². The summed E-state index contributed by atoms with van der Waals surface area (Å²) < 4.78 is 5.04. The molecule has 2 N–H and O–H groups in total. The average molecular weight is 200 g/mol. The zero-order valence-corrected chi connectivity index (χ0v) is 9.22. The number of amides is 1. The lowest BCUT2D eigenvalue weighted by Crippen LogP contribution is -2.52. The van der Waals surface area contributed by atoms with Gasteiger partial charge >= 0.3 is 0 Å². The lowest BCUT2D eigenvalue weighted by molar-refractivity contribution is -0.125. The molecule has 1 heterocycles. The van der Waals surface area contributed by atoms with Gasteiger partial charge in [-0.3, -0.25) is 4.79 Å². The van der Waals surface area contributed by atoms with E-state index in [1.165, 1.54) is 0 Å². The highest BCUT2D eigenvalue weighted by Crippen LogP contribution is 2.08. The standard InChI is InChI=1S/C10H20N2O2/c1-10(2,7-14-3)12-9(13)8-5-4-6-11-8/h8,11H,4-7H2,1-3H3,(H,12,13)/t8-/m1/s1. The third-order valence-electron chi connectivity index (χ3n) is 2.34. The molecule has 4 heteroatoms. The van der Waals surface area contributed by atoms with Crippen molar-refractivity contribution >= 4 is 5.91 Å². The molecule has 1 aliphatic rings. The molecule has 0 bridgehead atoms. The van der Waals surface area contributed by atoms with Crippen molar-refractivity contribution in [1.82, 2.24) is 10.6 Å². The van der Waals surface area contributed by atoms with Crippen molar-refractivity contribution in [2.45, 2.75) is 38.3 Å². The average Bonchev–Trinajstić information content (AvgIpc) is 2.53. The minimum atomic E-state index is -0.282. The van der Waals surface area contributed by atoms with E-state index in [-0.39, 0.29) is 17.5 Å². The Morgan fingerprint density at radius 1 is 1.64 bits per heavy atom. The highest BCUT2D eigenvalue weighted by atomic mass is 16.5. The molecule has 1 rings (SSSR count). The number of methoxy groups -OCH3 is 1. The highest BCUT2D eigenvalue weighted by molar-refractivity contribution is 5.82. The van der Waals surface area contributed by atoms with E-state index in [1.807, 2.05) is 13.8 Å². The first-order valence-electron chi connectivity index (χ1n) is 5.09. The molecule has 0 radical (unpaired) electrons. The molecule has 82 valence electrons. The fourth-order valence-corrected chi connectivity index (χ4v) is 1.73. The predicted octanol–water partition coefficient (Wildman–Crippen LogP) is 0.280. The molecule has 1 aliphatic heterocycles. The Bertz CT molecular complexity index is 198. The maximum Gasteiger partial charge on any atom is 0.237 e. The maximum absolute atomic E-state index is 11.7. The number of ether oxygens (including phenoxy) is 1. The summed E-state index contributed by atoms with van der Waals surface area (Å²) in [6.07, 6.45) is 2.03. The van der Waals surface area contributed by atoms with E-state index in [2.05, 4.69) is 10.6 Å². The van der Waals surface area contributed by atoms with Crippen LogP contribution in [0.15, 0.2) is 0 Å². The van der Waals surface area contributed by atoms with Crippen LogP contribution in [0.2, 0.25) is 0 Å². The van der Waals surface area contributed by atoms with Gasteiger partial charge in [-0.05, 0) is 33.2 Å². The predicted molar refractivity (Wildman–Crippen MR) is 55.1 cm³/mol. The molecule has 1 atom stereocenters. The van der Waals surface area contributed by atoms with Crippen LogP contribution >= 0.6 is 0 Å². The molecule has 0 unspecified atom stereocenters. The first kappa shape index (κ1) is 11.5.